The van der Waals surface area contributed by atoms with Crippen molar-refractivity contribution < 1.29 is 4.79 Å². The molecule has 1 N–H and O–H groups in total. The number of piperazine rings is 1. The fourth-order valence-electron chi connectivity index (χ4n) is 3.96. The third-order valence-corrected chi connectivity index (χ3v) is 5.63. The summed E-state index contributed by atoms with van der Waals surface area (Å²) in [5.41, 5.74) is 5.01. The maximum Gasteiger partial charge on any atom is 0.253 e. The summed E-state index contributed by atoms with van der Waals surface area (Å²) in [4.78, 5) is 19.1. The second kappa shape index (κ2) is 9.12. The van der Waals surface area contributed by atoms with Gasteiger partial charge in [-0.25, -0.2) is 0 Å². The van der Waals surface area contributed by atoms with E-state index in [1.54, 1.807) is 0 Å². The fourth-order valence-corrected chi connectivity index (χ4v) is 3.96. The van der Waals surface area contributed by atoms with E-state index in [1.165, 1.54) is 17.7 Å². The number of amides is 1. The molecule has 154 valence electrons. The summed E-state index contributed by atoms with van der Waals surface area (Å²) in [6.07, 6.45) is 4.20. The van der Waals surface area contributed by atoms with Crippen molar-refractivity contribution in [3.63, 3.8) is 0 Å². The molecule has 2 saturated heterocycles. The molecule has 2 heterocycles. The third kappa shape index (κ3) is 5.17. The van der Waals surface area contributed by atoms with Crippen LogP contribution in [0.3, 0.4) is 0 Å². The molecular weight excluding hydrogens is 360 g/mol. The number of amidine groups is 1. The number of benzene rings is 1. The molecule has 0 spiro atoms. The molecule has 0 radical (unpaired) electrons. The van der Waals surface area contributed by atoms with E-state index >= 15 is 0 Å². The molecule has 2 aliphatic rings. The van der Waals surface area contributed by atoms with E-state index in [4.69, 9.17) is 5.41 Å². The summed E-state index contributed by atoms with van der Waals surface area (Å²) in [7, 11) is 0. The number of allylic oxidation sites excluding steroid dienone is 3. The highest BCUT2D eigenvalue weighted by molar-refractivity contribution is 5.96. The van der Waals surface area contributed by atoms with E-state index in [9.17, 15) is 4.79 Å². The SMILES string of the molecule is C=C(C)/C=C(/C)C(=N)N1CCN(C(=O)c2ccc(CN3CCCC3=C)cc2)CC1. The molecule has 0 bridgehead atoms. The van der Waals surface area contributed by atoms with Crippen molar-refractivity contribution in [2.75, 3.05) is 32.7 Å². The minimum absolute atomic E-state index is 0.0718. The Labute approximate surface area is 174 Å². The highest BCUT2D eigenvalue weighted by atomic mass is 16.2. The lowest BCUT2D eigenvalue weighted by molar-refractivity contribution is 0.0691. The maximum atomic E-state index is 12.9. The van der Waals surface area contributed by atoms with Gasteiger partial charge < -0.3 is 14.7 Å². The van der Waals surface area contributed by atoms with Crippen LogP contribution < -0.4 is 0 Å². The second-order valence-corrected chi connectivity index (χ2v) is 8.09. The Morgan fingerprint density at radius 3 is 2.24 bits per heavy atom. The summed E-state index contributed by atoms with van der Waals surface area (Å²) in [6.45, 7) is 16.4. The van der Waals surface area contributed by atoms with Crippen LogP contribution in [0, 0.1) is 5.41 Å². The number of nitrogens with zero attached hydrogens (tertiary/aromatic N) is 3. The van der Waals surface area contributed by atoms with Crippen molar-refractivity contribution in [1.29, 1.82) is 5.41 Å². The van der Waals surface area contributed by atoms with Gasteiger partial charge in [-0.05, 0) is 50.0 Å². The van der Waals surface area contributed by atoms with Crippen molar-refractivity contribution in [3.8, 4) is 0 Å². The van der Waals surface area contributed by atoms with Gasteiger partial charge in [0, 0.05) is 50.5 Å². The Kier molecular flexibility index (Phi) is 6.57. The minimum Gasteiger partial charge on any atom is -0.371 e. The number of carbonyl (C=O) groups excluding carboxylic acids is 1. The summed E-state index contributed by atoms with van der Waals surface area (Å²) in [6, 6.07) is 7.97. The number of carbonyl (C=O) groups is 1. The van der Waals surface area contributed by atoms with Gasteiger partial charge in [-0.2, -0.15) is 0 Å². The molecular formula is C24H32N4O. The topological polar surface area (TPSA) is 50.6 Å². The quantitative estimate of drug-likeness (QED) is 0.467. The zero-order valence-corrected chi connectivity index (χ0v) is 17.7. The summed E-state index contributed by atoms with van der Waals surface area (Å²) in [5.74, 6) is 0.593. The van der Waals surface area contributed by atoms with E-state index in [2.05, 4.69) is 30.2 Å². The molecule has 2 aliphatic heterocycles. The monoisotopic (exact) mass is 392 g/mol. The van der Waals surface area contributed by atoms with Crippen LogP contribution in [-0.4, -0.2) is 59.2 Å². The van der Waals surface area contributed by atoms with Gasteiger partial charge in [0.05, 0.1) is 0 Å². The molecule has 0 unspecified atom stereocenters. The maximum absolute atomic E-state index is 12.9. The number of likely N-dealkylation sites (tertiary alicyclic amines) is 1. The molecule has 2 fully saturated rings. The van der Waals surface area contributed by atoms with Crippen molar-refractivity contribution in [3.05, 3.63) is 71.5 Å². The van der Waals surface area contributed by atoms with E-state index in [0.717, 1.165) is 36.2 Å². The lowest BCUT2D eigenvalue weighted by Gasteiger charge is -2.36. The zero-order chi connectivity index (χ0) is 21.0. The van der Waals surface area contributed by atoms with Gasteiger partial charge in [-0.1, -0.05) is 36.9 Å². The van der Waals surface area contributed by atoms with Crippen molar-refractivity contribution in [2.24, 2.45) is 0 Å². The molecule has 3 rings (SSSR count). The second-order valence-electron chi connectivity index (χ2n) is 8.09. The molecule has 1 aromatic carbocycles. The molecule has 0 atom stereocenters. The van der Waals surface area contributed by atoms with Gasteiger partial charge >= 0.3 is 0 Å². The van der Waals surface area contributed by atoms with Gasteiger partial charge in [0.15, 0.2) is 0 Å². The molecule has 29 heavy (non-hydrogen) atoms. The molecule has 5 nitrogen and oxygen atoms in total. The Morgan fingerprint density at radius 1 is 1.07 bits per heavy atom. The Balaban J connectivity index is 1.54. The van der Waals surface area contributed by atoms with Crippen molar-refractivity contribution in [1.82, 2.24) is 14.7 Å². The number of hydrogen-bond donors (Lipinski definition) is 1. The van der Waals surface area contributed by atoms with E-state index in [-0.39, 0.29) is 5.91 Å². The first-order valence-electron chi connectivity index (χ1n) is 10.3. The van der Waals surface area contributed by atoms with Gasteiger partial charge in [-0.3, -0.25) is 10.2 Å². The predicted molar refractivity (Wildman–Crippen MR) is 119 cm³/mol. The first-order chi connectivity index (χ1) is 13.8. The third-order valence-electron chi connectivity index (χ3n) is 5.63. The Bertz CT molecular complexity index is 829. The van der Waals surface area contributed by atoms with Crippen LogP contribution in [-0.2, 0) is 6.54 Å². The lowest BCUT2D eigenvalue weighted by Crippen LogP contribution is -2.50. The first-order valence-corrected chi connectivity index (χ1v) is 10.3. The van der Waals surface area contributed by atoms with Crippen LogP contribution >= 0.6 is 0 Å². The predicted octanol–water partition coefficient (Wildman–Crippen LogP) is 4.05. The standard InChI is InChI=1S/C24H32N4O/c1-18(2)16-19(3)23(25)26-12-14-27(15-13-26)24(29)22-9-7-21(8-10-22)17-28-11-5-6-20(28)4/h7-10,16,25H,1,4-6,11-15,17H2,2-3H3/b19-16-,25-23?. The Hall–Kier alpha value is -2.82. The van der Waals surface area contributed by atoms with E-state index in [0.29, 0.717) is 32.0 Å². The summed E-state index contributed by atoms with van der Waals surface area (Å²) < 4.78 is 0. The number of nitrogens with one attached hydrogen (secondary N) is 1. The molecule has 0 aromatic heterocycles. The van der Waals surface area contributed by atoms with E-state index in [1.807, 2.05) is 41.9 Å². The van der Waals surface area contributed by atoms with Gasteiger partial charge in [0.1, 0.15) is 5.84 Å². The average molecular weight is 393 g/mol. The van der Waals surface area contributed by atoms with Gasteiger partial charge in [0.25, 0.3) is 5.91 Å². The van der Waals surface area contributed by atoms with Crippen molar-refractivity contribution in [2.45, 2.75) is 33.2 Å². The zero-order valence-electron chi connectivity index (χ0n) is 17.7. The highest BCUT2D eigenvalue weighted by Gasteiger charge is 2.24. The fraction of sp³-hybridized carbons (Fsp3) is 0.417. The smallest absolute Gasteiger partial charge is 0.253 e. The normalized spacial score (nSPS) is 17.7. The lowest BCUT2D eigenvalue weighted by atomic mass is 10.1. The van der Waals surface area contributed by atoms with Crippen LogP contribution in [0.2, 0.25) is 0 Å². The van der Waals surface area contributed by atoms with Crippen LogP contribution in [0.4, 0.5) is 0 Å². The highest BCUT2D eigenvalue weighted by Crippen LogP contribution is 2.22. The van der Waals surface area contributed by atoms with Crippen LogP contribution in [0.25, 0.3) is 0 Å². The summed E-state index contributed by atoms with van der Waals surface area (Å²) in [5, 5.41) is 8.35. The Morgan fingerprint density at radius 2 is 1.69 bits per heavy atom. The molecule has 5 heteroatoms. The average Bonchev–Trinajstić information content (AvgIpc) is 3.11. The summed E-state index contributed by atoms with van der Waals surface area (Å²) >= 11 is 0. The minimum atomic E-state index is 0.0718. The van der Waals surface area contributed by atoms with E-state index < -0.39 is 0 Å². The molecule has 1 aromatic rings. The van der Waals surface area contributed by atoms with Crippen LogP contribution in [0.5, 0.6) is 0 Å². The van der Waals surface area contributed by atoms with Crippen LogP contribution in [0.15, 0.2) is 60.3 Å². The molecule has 1 amide bonds. The van der Waals surface area contributed by atoms with Crippen LogP contribution in [0.1, 0.15) is 42.6 Å². The largest absolute Gasteiger partial charge is 0.371 e. The molecule has 0 saturated carbocycles. The van der Waals surface area contributed by atoms with Gasteiger partial charge in [0.2, 0.25) is 0 Å². The number of hydrogen-bond acceptors (Lipinski definition) is 3. The molecule has 0 aliphatic carbocycles. The van der Waals surface area contributed by atoms with Gasteiger partial charge in [-0.15, -0.1) is 0 Å². The number of rotatable bonds is 5. The van der Waals surface area contributed by atoms with Crippen molar-refractivity contribution >= 4 is 11.7 Å². The first kappa shape index (κ1) is 20.9.